The fourth-order valence-electron chi connectivity index (χ4n) is 2.38. The van der Waals surface area contributed by atoms with Crippen molar-refractivity contribution in [2.75, 3.05) is 11.1 Å². The van der Waals surface area contributed by atoms with Crippen LogP contribution < -0.4 is 10.1 Å². The molecular weight excluding hydrogens is 396 g/mol. The predicted octanol–water partition coefficient (Wildman–Crippen LogP) is 3.90. The second kappa shape index (κ2) is 9.20. The first-order valence-electron chi connectivity index (χ1n) is 8.61. The summed E-state index contributed by atoms with van der Waals surface area (Å²) in [5.41, 5.74) is 2.02. The Morgan fingerprint density at radius 2 is 2.00 bits per heavy atom. The Morgan fingerprint density at radius 1 is 1.21 bits per heavy atom. The van der Waals surface area contributed by atoms with Crippen LogP contribution in [0, 0.1) is 24.0 Å². The third-order valence-electron chi connectivity index (χ3n) is 3.93. The Morgan fingerprint density at radius 3 is 2.76 bits per heavy atom. The van der Waals surface area contributed by atoms with Crippen molar-refractivity contribution in [3.05, 3.63) is 69.6 Å². The minimum Gasteiger partial charge on any atom is -0.484 e. The normalized spacial score (nSPS) is 10.6. The molecule has 10 heteroatoms. The number of aryl methyl sites for hydroxylation is 2. The summed E-state index contributed by atoms with van der Waals surface area (Å²) in [4.78, 5) is 22.5. The molecule has 3 aromatic rings. The predicted molar refractivity (Wildman–Crippen MR) is 107 cm³/mol. The molecule has 29 heavy (non-hydrogen) atoms. The summed E-state index contributed by atoms with van der Waals surface area (Å²) >= 11 is 1.07. The standard InChI is InChI=1S/C19H18N4O5S/c1-12-7-8-14(23(25)26)9-15(12)20-17(24)11-29-19-22-21-18(28-19)10-27-16-6-4-3-5-13(16)2/h3-9H,10-11H2,1-2H3,(H,20,24). The topological polar surface area (TPSA) is 120 Å². The molecule has 9 nitrogen and oxygen atoms in total. The van der Waals surface area contributed by atoms with Gasteiger partial charge in [0.25, 0.3) is 16.8 Å². The molecule has 0 aliphatic rings. The third kappa shape index (κ3) is 5.55. The van der Waals surface area contributed by atoms with Crippen molar-refractivity contribution in [2.24, 2.45) is 0 Å². The van der Waals surface area contributed by atoms with E-state index in [1.807, 2.05) is 31.2 Å². The number of carbonyl (C=O) groups excluding carboxylic acids is 1. The largest absolute Gasteiger partial charge is 0.484 e. The van der Waals surface area contributed by atoms with E-state index in [-0.39, 0.29) is 29.2 Å². The molecular formula is C19H18N4O5S. The highest BCUT2D eigenvalue weighted by atomic mass is 32.2. The van der Waals surface area contributed by atoms with Crippen LogP contribution in [-0.2, 0) is 11.4 Å². The summed E-state index contributed by atoms with van der Waals surface area (Å²) in [6.45, 7) is 3.81. The monoisotopic (exact) mass is 414 g/mol. The Hall–Kier alpha value is -3.40. The molecule has 3 rings (SSSR count). The van der Waals surface area contributed by atoms with Gasteiger partial charge in [-0.25, -0.2) is 0 Å². The summed E-state index contributed by atoms with van der Waals surface area (Å²) in [5.74, 6) is 0.703. The Labute approximate surface area is 170 Å². The Bertz CT molecular complexity index is 1040. The number of amides is 1. The SMILES string of the molecule is Cc1ccc([N+](=O)[O-])cc1NC(=O)CSc1nnc(COc2ccccc2C)o1. The molecule has 0 saturated carbocycles. The molecule has 0 aliphatic heterocycles. The van der Waals surface area contributed by atoms with Crippen LogP contribution in [0.3, 0.4) is 0 Å². The number of hydrogen-bond donors (Lipinski definition) is 1. The number of ether oxygens (including phenoxy) is 1. The summed E-state index contributed by atoms with van der Waals surface area (Å²) < 4.78 is 11.1. The first-order chi connectivity index (χ1) is 13.9. The highest BCUT2D eigenvalue weighted by molar-refractivity contribution is 7.99. The number of nitro benzene ring substituents is 1. The van der Waals surface area contributed by atoms with E-state index in [1.54, 1.807) is 13.0 Å². The number of nitro groups is 1. The molecule has 0 atom stereocenters. The summed E-state index contributed by atoms with van der Waals surface area (Å²) in [6.07, 6.45) is 0. The average Bonchev–Trinajstić information content (AvgIpc) is 3.15. The van der Waals surface area contributed by atoms with Crippen LogP contribution in [0.25, 0.3) is 0 Å². The van der Waals surface area contributed by atoms with E-state index in [0.29, 0.717) is 11.6 Å². The average molecular weight is 414 g/mol. The second-order valence-electron chi connectivity index (χ2n) is 6.11. The van der Waals surface area contributed by atoms with Gasteiger partial charge in [0.05, 0.1) is 16.4 Å². The van der Waals surface area contributed by atoms with Crippen molar-refractivity contribution in [1.29, 1.82) is 0 Å². The Kier molecular flexibility index (Phi) is 6.45. The first-order valence-corrected chi connectivity index (χ1v) is 9.59. The Balaban J connectivity index is 1.52. The van der Waals surface area contributed by atoms with Crippen molar-refractivity contribution in [1.82, 2.24) is 10.2 Å². The molecule has 0 saturated heterocycles. The maximum atomic E-state index is 12.2. The van der Waals surface area contributed by atoms with Crippen LogP contribution in [0.4, 0.5) is 11.4 Å². The zero-order valence-electron chi connectivity index (χ0n) is 15.7. The third-order valence-corrected chi connectivity index (χ3v) is 4.74. The number of para-hydroxylation sites is 1. The molecule has 1 aromatic heterocycles. The van der Waals surface area contributed by atoms with Crippen LogP contribution in [0.2, 0.25) is 0 Å². The van der Waals surface area contributed by atoms with E-state index in [2.05, 4.69) is 15.5 Å². The fourth-order valence-corrected chi connectivity index (χ4v) is 2.96. The first kappa shape index (κ1) is 20.3. The smallest absolute Gasteiger partial charge is 0.277 e. The van der Waals surface area contributed by atoms with E-state index in [4.69, 9.17) is 9.15 Å². The molecule has 1 heterocycles. The van der Waals surface area contributed by atoms with E-state index in [0.717, 1.165) is 28.6 Å². The van der Waals surface area contributed by atoms with Crippen molar-refractivity contribution in [3.8, 4) is 5.75 Å². The lowest BCUT2D eigenvalue weighted by molar-refractivity contribution is -0.384. The van der Waals surface area contributed by atoms with Crippen LogP contribution in [0.5, 0.6) is 5.75 Å². The van der Waals surface area contributed by atoms with Gasteiger partial charge in [0, 0.05) is 12.1 Å². The van der Waals surface area contributed by atoms with Crippen LogP contribution in [0.15, 0.2) is 52.1 Å². The molecule has 0 aliphatic carbocycles. The summed E-state index contributed by atoms with van der Waals surface area (Å²) in [7, 11) is 0. The van der Waals surface area contributed by atoms with E-state index in [9.17, 15) is 14.9 Å². The van der Waals surface area contributed by atoms with Gasteiger partial charge in [0.2, 0.25) is 5.91 Å². The minimum atomic E-state index is -0.511. The molecule has 2 aromatic carbocycles. The van der Waals surface area contributed by atoms with Gasteiger partial charge in [-0.05, 0) is 31.0 Å². The molecule has 150 valence electrons. The number of non-ortho nitro benzene ring substituents is 1. The van der Waals surface area contributed by atoms with Gasteiger partial charge in [0.1, 0.15) is 5.75 Å². The van der Waals surface area contributed by atoms with Crippen molar-refractivity contribution < 1.29 is 18.9 Å². The number of carbonyl (C=O) groups is 1. The lowest BCUT2D eigenvalue weighted by Crippen LogP contribution is -2.15. The van der Waals surface area contributed by atoms with E-state index >= 15 is 0 Å². The molecule has 0 unspecified atom stereocenters. The highest BCUT2D eigenvalue weighted by Gasteiger charge is 2.14. The molecule has 0 spiro atoms. The number of rotatable bonds is 8. The van der Waals surface area contributed by atoms with Crippen molar-refractivity contribution >= 4 is 29.0 Å². The molecule has 0 bridgehead atoms. The lowest BCUT2D eigenvalue weighted by atomic mass is 10.2. The van der Waals surface area contributed by atoms with Crippen LogP contribution >= 0.6 is 11.8 Å². The van der Waals surface area contributed by atoms with Crippen LogP contribution in [-0.4, -0.2) is 26.8 Å². The number of anilines is 1. The van der Waals surface area contributed by atoms with Crippen molar-refractivity contribution in [2.45, 2.75) is 25.7 Å². The number of benzene rings is 2. The van der Waals surface area contributed by atoms with Gasteiger partial charge in [0.15, 0.2) is 6.61 Å². The number of aromatic nitrogens is 2. The second-order valence-corrected chi connectivity index (χ2v) is 7.04. The van der Waals surface area contributed by atoms with Crippen LogP contribution in [0.1, 0.15) is 17.0 Å². The quantitative estimate of drug-likeness (QED) is 0.335. The number of nitrogens with zero attached hydrogens (tertiary/aromatic N) is 3. The number of thioether (sulfide) groups is 1. The molecule has 0 radical (unpaired) electrons. The van der Waals surface area contributed by atoms with Gasteiger partial charge in [-0.1, -0.05) is 36.0 Å². The maximum Gasteiger partial charge on any atom is 0.277 e. The van der Waals surface area contributed by atoms with Gasteiger partial charge in [-0.2, -0.15) is 0 Å². The molecule has 1 N–H and O–H groups in total. The van der Waals surface area contributed by atoms with E-state index < -0.39 is 4.92 Å². The number of nitrogens with one attached hydrogen (secondary N) is 1. The van der Waals surface area contributed by atoms with Crippen molar-refractivity contribution in [3.63, 3.8) is 0 Å². The fraction of sp³-hybridized carbons (Fsp3) is 0.211. The summed E-state index contributed by atoms with van der Waals surface area (Å²) in [6, 6.07) is 11.9. The minimum absolute atomic E-state index is 0.0163. The summed E-state index contributed by atoms with van der Waals surface area (Å²) in [5, 5.41) is 21.5. The maximum absolute atomic E-state index is 12.2. The van der Waals surface area contributed by atoms with Gasteiger partial charge in [-0.15, -0.1) is 10.2 Å². The lowest BCUT2D eigenvalue weighted by Gasteiger charge is -2.07. The zero-order chi connectivity index (χ0) is 20.8. The molecule has 0 fully saturated rings. The zero-order valence-corrected chi connectivity index (χ0v) is 16.6. The van der Waals surface area contributed by atoms with Gasteiger partial charge in [-0.3, -0.25) is 14.9 Å². The number of hydrogen-bond acceptors (Lipinski definition) is 8. The van der Waals surface area contributed by atoms with Gasteiger partial charge < -0.3 is 14.5 Å². The highest BCUT2D eigenvalue weighted by Crippen LogP contribution is 2.23. The van der Waals surface area contributed by atoms with Gasteiger partial charge >= 0.3 is 0 Å². The van der Waals surface area contributed by atoms with E-state index in [1.165, 1.54) is 12.1 Å². The molecule has 1 amide bonds.